The van der Waals surface area contributed by atoms with Crippen LogP contribution in [0.4, 0.5) is 0 Å². The minimum atomic E-state index is -0.639. The standard InChI is InChI=1S/C2H6N4O2/c3-1(4)7-8-2(5)6/h(H3,3,4)(H3,5,6). The van der Waals surface area contributed by atoms with Crippen molar-refractivity contribution in [3.63, 3.8) is 0 Å². The van der Waals surface area contributed by atoms with Crippen molar-refractivity contribution in [2.45, 2.75) is 0 Å². The molecule has 8 heavy (non-hydrogen) atoms. The van der Waals surface area contributed by atoms with Gasteiger partial charge in [0.1, 0.15) is 0 Å². The van der Waals surface area contributed by atoms with Gasteiger partial charge in [-0.05, 0) is 0 Å². The molecule has 0 aromatic rings. The number of nitrogens with two attached hydrogens (primary N) is 2. The molecule has 0 saturated heterocycles. The quantitative estimate of drug-likeness (QED) is 0.137. The Balaban J connectivity index is 3.18. The molecule has 6 nitrogen and oxygen atoms in total. The highest BCUT2D eigenvalue weighted by Crippen LogP contribution is 1.70. The molecule has 0 atom stereocenters. The van der Waals surface area contributed by atoms with Crippen molar-refractivity contribution in [2.75, 3.05) is 0 Å². The van der Waals surface area contributed by atoms with Crippen molar-refractivity contribution in [1.29, 1.82) is 10.8 Å². The first-order chi connectivity index (χ1) is 3.63. The van der Waals surface area contributed by atoms with Gasteiger partial charge in [-0.1, -0.05) is 0 Å². The number of hydrogen-bond acceptors (Lipinski definition) is 4. The van der Waals surface area contributed by atoms with Crippen molar-refractivity contribution in [1.82, 2.24) is 0 Å². The van der Waals surface area contributed by atoms with Crippen molar-refractivity contribution >= 4 is 12.0 Å². The first-order valence-electron chi connectivity index (χ1n) is 1.65. The van der Waals surface area contributed by atoms with E-state index in [-0.39, 0.29) is 0 Å². The number of nitrogens with one attached hydrogen (secondary N) is 2. The second-order valence-electron chi connectivity index (χ2n) is 0.895. The summed E-state index contributed by atoms with van der Waals surface area (Å²) in [5.41, 5.74) is 9.25. The van der Waals surface area contributed by atoms with Crippen molar-refractivity contribution < 1.29 is 9.78 Å². The van der Waals surface area contributed by atoms with Crippen LogP contribution >= 0.6 is 0 Å². The summed E-state index contributed by atoms with van der Waals surface area (Å²) in [5, 5.41) is 12.7. The van der Waals surface area contributed by atoms with Gasteiger partial charge in [-0.3, -0.25) is 0 Å². The number of amidine groups is 2. The molecule has 6 heteroatoms. The van der Waals surface area contributed by atoms with Crippen molar-refractivity contribution in [3.05, 3.63) is 0 Å². The average molecular weight is 118 g/mol. The molecule has 6 N–H and O–H groups in total. The maximum atomic E-state index is 6.37. The van der Waals surface area contributed by atoms with Gasteiger partial charge in [-0.25, -0.2) is 20.6 Å². The number of hydrogen-bond donors (Lipinski definition) is 4. The third kappa shape index (κ3) is 4.54. The Hall–Kier alpha value is -1.46. The van der Waals surface area contributed by atoms with E-state index >= 15 is 0 Å². The lowest BCUT2D eigenvalue weighted by molar-refractivity contribution is -0.138. The predicted molar refractivity (Wildman–Crippen MR) is 26.0 cm³/mol. The van der Waals surface area contributed by atoms with Gasteiger partial charge in [-0.15, -0.1) is 0 Å². The molecule has 0 saturated carbocycles. The van der Waals surface area contributed by atoms with E-state index in [1.165, 1.54) is 0 Å². The zero-order valence-corrected chi connectivity index (χ0v) is 3.97. The Bertz CT molecular complexity index is 96.6. The summed E-state index contributed by atoms with van der Waals surface area (Å²) in [7, 11) is 0. The summed E-state index contributed by atoms with van der Waals surface area (Å²) in [4.78, 5) is 7.63. The third-order valence-corrected chi connectivity index (χ3v) is 0.221. The predicted octanol–water partition coefficient (Wildman–Crippen LogP) is -1.28. The van der Waals surface area contributed by atoms with E-state index in [0.717, 1.165) is 0 Å². The van der Waals surface area contributed by atoms with Crippen LogP contribution in [-0.4, -0.2) is 12.0 Å². The molecule has 46 valence electrons. The van der Waals surface area contributed by atoms with Gasteiger partial charge in [0.15, 0.2) is 0 Å². The first-order valence-corrected chi connectivity index (χ1v) is 1.65. The van der Waals surface area contributed by atoms with E-state index in [1.54, 1.807) is 0 Å². The highest BCUT2D eigenvalue weighted by atomic mass is 17.2. The molecule has 0 radical (unpaired) electrons. The van der Waals surface area contributed by atoms with Gasteiger partial charge in [0.05, 0.1) is 0 Å². The van der Waals surface area contributed by atoms with Gasteiger partial charge in [0.2, 0.25) is 0 Å². The Labute approximate surface area is 45.3 Å². The van der Waals surface area contributed by atoms with E-state index < -0.39 is 12.0 Å². The molecule has 0 heterocycles. The molecular weight excluding hydrogens is 112 g/mol. The molecular formula is C2H6N4O2. The van der Waals surface area contributed by atoms with Gasteiger partial charge < -0.3 is 11.5 Å². The fourth-order valence-electron chi connectivity index (χ4n) is 0.0898. The van der Waals surface area contributed by atoms with Crippen LogP contribution in [-0.2, 0) is 9.78 Å². The lowest BCUT2D eigenvalue weighted by Crippen LogP contribution is -2.21. The lowest BCUT2D eigenvalue weighted by atomic mass is 11.2. The molecule has 0 aromatic carbocycles. The van der Waals surface area contributed by atoms with E-state index in [0.29, 0.717) is 0 Å². The molecule has 0 fully saturated rings. The second-order valence-corrected chi connectivity index (χ2v) is 0.895. The molecule has 0 aliphatic rings. The summed E-state index contributed by atoms with van der Waals surface area (Å²) in [6, 6.07) is -1.28. The molecule has 0 aliphatic heterocycles. The first kappa shape index (κ1) is 6.54. The molecule has 0 rings (SSSR count). The van der Waals surface area contributed by atoms with E-state index in [9.17, 15) is 0 Å². The summed E-state index contributed by atoms with van der Waals surface area (Å²) < 4.78 is 0. The second kappa shape index (κ2) is 2.67. The van der Waals surface area contributed by atoms with E-state index in [1.807, 2.05) is 0 Å². The zero-order chi connectivity index (χ0) is 6.57. The van der Waals surface area contributed by atoms with Crippen LogP contribution in [0.3, 0.4) is 0 Å². The Morgan fingerprint density at radius 1 is 1.00 bits per heavy atom. The van der Waals surface area contributed by atoms with E-state index in [4.69, 9.17) is 10.8 Å². The van der Waals surface area contributed by atoms with Crippen LogP contribution in [0.15, 0.2) is 0 Å². The van der Waals surface area contributed by atoms with Crippen LogP contribution in [0.1, 0.15) is 0 Å². The maximum absolute atomic E-state index is 6.37. The zero-order valence-electron chi connectivity index (χ0n) is 3.97. The highest BCUT2D eigenvalue weighted by molar-refractivity contribution is 5.70. The van der Waals surface area contributed by atoms with Crippen LogP contribution in [0.25, 0.3) is 0 Å². The van der Waals surface area contributed by atoms with E-state index in [2.05, 4.69) is 21.2 Å². The minimum Gasteiger partial charge on any atom is -0.350 e. The highest BCUT2D eigenvalue weighted by Gasteiger charge is 1.89. The van der Waals surface area contributed by atoms with Gasteiger partial charge >= 0.3 is 12.0 Å². The fraction of sp³-hybridized carbons (Fsp3) is 0. The summed E-state index contributed by atoms with van der Waals surface area (Å²) in [6.45, 7) is 0. The largest absolute Gasteiger partial charge is 0.350 e. The molecule has 0 amide bonds. The fourth-order valence-corrected chi connectivity index (χ4v) is 0.0898. The molecule has 0 spiro atoms. The smallest absolute Gasteiger partial charge is 0.330 e. The molecule has 0 aliphatic carbocycles. The minimum absolute atomic E-state index is 0.639. The average Bonchev–Trinajstić information content (AvgIpc) is 1.61. The summed E-state index contributed by atoms with van der Waals surface area (Å²) in [5.74, 6) is 0. The van der Waals surface area contributed by atoms with Crippen molar-refractivity contribution in [2.24, 2.45) is 11.5 Å². The molecule has 0 bridgehead atoms. The van der Waals surface area contributed by atoms with Crippen molar-refractivity contribution in [3.8, 4) is 0 Å². The normalized spacial score (nSPS) is 7.50. The summed E-state index contributed by atoms with van der Waals surface area (Å²) >= 11 is 0. The van der Waals surface area contributed by atoms with Crippen LogP contribution in [0, 0.1) is 10.8 Å². The SMILES string of the molecule is N=C(N)OOC(=N)N. The van der Waals surface area contributed by atoms with Crippen LogP contribution in [0.5, 0.6) is 0 Å². The topological polar surface area (TPSA) is 118 Å². The van der Waals surface area contributed by atoms with Crippen LogP contribution < -0.4 is 11.5 Å². The van der Waals surface area contributed by atoms with Gasteiger partial charge in [0.25, 0.3) is 0 Å². The Morgan fingerprint density at radius 3 is 1.38 bits per heavy atom. The lowest BCUT2D eigenvalue weighted by Gasteiger charge is -1.97. The molecule has 0 unspecified atom stereocenters. The Morgan fingerprint density at radius 2 is 1.25 bits per heavy atom. The third-order valence-electron chi connectivity index (χ3n) is 0.221. The van der Waals surface area contributed by atoms with Crippen LogP contribution in [0.2, 0.25) is 0 Å². The number of rotatable bonds is 0. The summed E-state index contributed by atoms with van der Waals surface area (Å²) in [6.07, 6.45) is 0. The maximum Gasteiger partial charge on any atom is 0.330 e. The van der Waals surface area contributed by atoms with Gasteiger partial charge in [-0.2, -0.15) is 0 Å². The molecule has 0 aromatic heterocycles. The Kier molecular flexibility index (Phi) is 2.18. The monoisotopic (exact) mass is 118 g/mol. The van der Waals surface area contributed by atoms with Gasteiger partial charge in [0, 0.05) is 0 Å².